The minimum absolute atomic E-state index is 0.146. The van der Waals surface area contributed by atoms with E-state index in [-0.39, 0.29) is 11.8 Å². The Morgan fingerprint density at radius 1 is 1.11 bits per heavy atom. The smallest absolute Gasteiger partial charge is 0.248 e. The maximum absolute atomic E-state index is 12.2. The molecule has 2 rings (SSSR count). The number of carbonyl (C=O) groups is 1. The van der Waals surface area contributed by atoms with Gasteiger partial charge in [0, 0.05) is 19.4 Å². The number of benzene rings is 1. The molecule has 0 aliphatic carbocycles. The number of aromatic nitrogens is 1. The lowest BCUT2D eigenvalue weighted by Gasteiger charge is -2.20. The molecule has 2 aromatic rings. The van der Waals surface area contributed by atoms with Crippen LogP contribution in [0.4, 0.5) is 0 Å². The number of hydrazine groups is 1. The molecule has 0 saturated heterocycles. The molecule has 1 heterocycles. The first-order valence-corrected chi connectivity index (χ1v) is 5.67. The summed E-state index contributed by atoms with van der Waals surface area (Å²) in [6.45, 7) is 0. The number of amides is 1. The van der Waals surface area contributed by atoms with Crippen molar-refractivity contribution < 1.29 is 4.79 Å². The number of hydrogen-bond acceptors (Lipinski definition) is 3. The fourth-order valence-corrected chi connectivity index (χ4v) is 1.88. The molecule has 1 unspecified atom stereocenters. The van der Waals surface area contributed by atoms with E-state index in [1.54, 1.807) is 19.4 Å². The number of hydrogen-bond donors (Lipinski definition) is 1. The van der Waals surface area contributed by atoms with Crippen molar-refractivity contribution in [1.29, 1.82) is 0 Å². The van der Waals surface area contributed by atoms with Gasteiger partial charge in [0.1, 0.15) is 0 Å². The van der Waals surface area contributed by atoms with Gasteiger partial charge in [-0.3, -0.25) is 14.8 Å². The fourth-order valence-electron chi connectivity index (χ4n) is 1.88. The normalized spacial score (nSPS) is 11.9. The van der Waals surface area contributed by atoms with Crippen molar-refractivity contribution in [1.82, 2.24) is 9.99 Å². The molecule has 0 spiro atoms. The van der Waals surface area contributed by atoms with Crippen molar-refractivity contribution in [2.45, 2.75) is 5.92 Å². The van der Waals surface area contributed by atoms with Crippen LogP contribution in [0.5, 0.6) is 0 Å². The monoisotopic (exact) mass is 241 g/mol. The molecule has 1 atom stereocenters. The molecule has 0 aliphatic rings. The molecule has 0 aliphatic heterocycles. The van der Waals surface area contributed by atoms with Gasteiger partial charge in [-0.1, -0.05) is 30.3 Å². The van der Waals surface area contributed by atoms with Crippen LogP contribution in [0.3, 0.4) is 0 Å². The van der Waals surface area contributed by atoms with E-state index in [1.807, 2.05) is 42.5 Å². The van der Waals surface area contributed by atoms with Gasteiger partial charge in [0.2, 0.25) is 5.91 Å². The predicted octanol–water partition coefficient (Wildman–Crippen LogP) is 1.55. The van der Waals surface area contributed by atoms with Crippen molar-refractivity contribution in [3.63, 3.8) is 0 Å². The Bertz CT molecular complexity index is 472. The zero-order valence-electron chi connectivity index (χ0n) is 10.2. The molecule has 0 bridgehead atoms. The minimum atomic E-state index is -0.385. The lowest BCUT2D eigenvalue weighted by atomic mass is 9.91. The lowest BCUT2D eigenvalue weighted by molar-refractivity contribution is -0.130. The van der Waals surface area contributed by atoms with Crippen LogP contribution in [0.2, 0.25) is 0 Å². The van der Waals surface area contributed by atoms with Gasteiger partial charge in [-0.15, -0.1) is 0 Å². The SMILES string of the molecule is CN(N)C(=O)C(c1ccccc1)c1ccncc1. The van der Waals surface area contributed by atoms with Gasteiger partial charge in [-0.25, -0.2) is 5.84 Å². The van der Waals surface area contributed by atoms with E-state index < -0.39 is 0 Å². The van der Waals surface area contributed by atoms with Crippen molar-refractivity contribution in [3.8, 4) is 0 Å². The van der Waals surface area contributed by atoms with Gasteiger partial charge in [0.05, 0.1) is 5.92 Å². The summed E-state index contributed by atoms with van der Waals surface area (Å²) in [5.74, 6) is 5.05. The van der Waals surface area contributed by atoms with Crippen molar-refractivity contribution in [3.05, 3.63) is 66.0 Å². The summed E-state index contributed by atoms with van der Waals surface area (Å²) in [5.41, 5.74) is 1.81. The third kappa shape index (κ3) is 2.55. The van der Waals surface area contributed by atoms with Crippen LogP contribution in [-0.4, -0.2) is 22.9 Å². The van der Waals surface area contributed by atoms with E-state index in [4.69, 9.17) is 5.84 Å². The third-order valence-electron chi connectivity index (χ3n) is 2.77. The van der Waals surface area contributed by atoms with Crippen LogP contribution >= 0.6 is 0 Å². The zero-order chi connectivity index (χ0) is 13.0. The second-order valence-electron chi connectivity index (χ2n) is 4.07. The van der Waals surface area contributed by atoms with Gasteiger partial charge in [0.25, 0.3) is 0 Å². The highest BCUT2D eigenvalue weighted by molar-refractivity contribution is 5.86. The molecule has 4 nitrogen and oxygen atoms in total. The Labute approximate surface area is 106 Å². The Balaban J connectivity index is 2.45. The molecule has 2 N–H and O–H groups in total. The number of carbonyl (C=O) groups excluding carboxylic acids is 1. The molecule has 0 fully saturated rings. The van der Waals surface area contributed by atoms with E-state index >= 15 is 0 Å². The van der Waals surface area contributed by atoms with Crippen molar-refractivity contribution in [2.24, 2.45) is 5.84 Å². The molecule has 1 aromatic carbocycles. The van der Waals surface area contributed by atoms with E-state index in [1.165, 1.54) is 0 Å². The highest BCUT2D eigenvalue weighted by Crippen LogP contribution is 2.25. The molecule has 18 heavy (non-hydrogen) atoms. The summed E-state index contributed by atoms with van der Waals surface area (Å²) in [5, 5.41) is 1.12. The average Bonchev–Trinajstić information content (AvgIpc) is 2.41. The molecular weight excluding hydrogens is 226 g/mol. The first-order valence-electron chi connectivity index (χ1n) is 5.67. The van der Waals surface area contributed by atoms with Crippen LogP contribution in [-0.2, 0) is 4.79 Å². The maximum Gasteiger partial charge on any atom is 0.248 e. The van der Waals surface area contributed by atoms with E-state index in [2.05, 4.69) is 4.98 Å². The summed E-state index contributed by atoms with van der Waals surface area (Å²) in [6.07, 6.45) is 3.35. The molecule has 0 saturated carbocycles. The van der Waals surface area contributed by atoms with Gasteiger partial charge >= 0.3 is 0 Å². The van der Waals surface area contributed by atoms with Crippen LogP contribution in [0.25, 0.3) is 0 Å². The molecule has 4 heteroatoms. The topological polar surface area (TPSA) is 59.2 Å². The summed E-state index contributed by atoms with van der Waals surface area (Å²) in [7, 11) is 1.56. The van der Waals surface area contributed by atoms with Gasteiger partial charge in [-0.2, -0.15) is 0 Å². The molecular formula is C14H15N3O. The first kappa shape index (κ1) is 12.3. The van der Waals surface area contributed by atoms with E-state index in [0.29, 0.717) is 0 Å². The number of rotatable bonds is 3. The third-order valence-corrected chi connectivity index (χ3v) is 2.77. The Morgan fingerprint density at radius 2 is 1.67 bits per heavy atom. The standard InChI is InChI=1S/C14H15N3O/c1-17(15)14(18)13(11-5-3-2-4-6-11)12-7-9-16-10-8-12/h2-10,13H,15H2,1H3. The largest absolute Gasteiger partial charge is 0.283 e. The van der Waals surface area contributed by atoms with E-state index in [9.17, 15) is 4.79 Å². The average molecular weight is 241 g/mol. The highest BCUT2D eigenvalue weighted by atomic mass is 16.2. The molecule has 0 radical (unpaired) electrons. The van der Waals surface area contributed by atoms with Crippen molar-refractivity contribution in [2.75, 3.05) is 7.05 Å². The predicted molar refractivity (Wildman–Crippen MR) is 69.5 cm³/mol. The second-order valence-corrected chi connectivity index (χ2v) is 4.07. The highest BCUT2D eigenvalue weighted by Gasteiger charge is 2.24. The molecule has 92 valence electrons. The zero-order valence-corrected chi connectivity index (χ0v) is 10.2. The fraction of sp³-hybridized carbons (Fsp3) is 0.143. The maximum atomic E-state index is 12.2. The lowest BCUT2D eigenvalue weighted by Crippen LogP contribution is -2.37. The van der Waals surface area contributed by atoms with Crippen LogP contribution in [0, 0.1) is 0 Å². The quantitative estimate of drug-likeness (QED) is 0.504. The van der Waals surface area contributed by atoms with Crippen LogP contribution in [0.1, 0.15) is 17.0 Å². The number of nitrogens with two attached hydrogens (primary N) is 1. The summed E-state index contributed by atoms with van der Waals surface area (Å²) < 4.78 is 0. The van der Waals surface area contributed by atoms with E-state index in [0.717, 1.165) is 16.1 Å². The van der Waals surface area contributed by atoms with Crippen molar-refractivity contribution >= 4 is 5.91 Å². The van der Waals surface area contributed by atoms with Crippen LogP contribution in [0.15, 0.2) is 54.9 Å². The molecule has 1 aromatic heterocycles. The minimum Gasteiger partial charge on any atom is -0.283 e. The van der Waals surface area contributed by atoms with Gasteiger partial charge in [0.15, 0.2) is 0 Å². The number of pyridine rings is 1. The number of likely N-dealkylation sites (N-methyl/N-ethyl adjacent to an activating group) is 1. The second kappa shape index (κ2) is 5.42. The molecule has 1 amide bonds. The Hall–Kier alpha value is -2.20. The Morgan fingerprint density at radius 3 is 2.22 bits per heavy atom. The van der Waals surface area contributed by atoms with Gasteiger partial charge < -0.3 is 0 Å². The van der Waals surface area contributed by atoms with Crippen LogP contribution < -0.4 is 5.84 Å². The summed E-state index contributed by atoms with van der Waals surface area (Å²) in [6, 6.07) is 13.3. The Kier molecular flexibility index (Phi) is 3.69. The number of nitrogens with zero attached hydrogens (tertiary/aromatic N) is 2. The van der Waals surface area contributed by atoms with Gasteiger partial charge in [-0.05, 0) is 23.3 Å². The summed E-state index contributed by atoms with van der Waals surface area (Å²) >= 11 is 0. The first-order chi connectivity index (χ1) is 8.70. The summed E-state index contributed by atoms with van der Waals surface area (Å²) in [4.78, 5) is 16.2.